The van der Waals surface area contributed by atoms with Crippen LogP contribution in [0.1, 0.15) is 27.7 Å². The van der Waals surface area contributed by atoms with Crippen LogP contribution in [0.25, 0.3) is 0 Å². The van der Waals surface area contributed by atoms with E-state index in [0.717, 1.165) is 5.92 Å². The van der Waals surface area contributed by atoms with Gasteiger partial charge in [0.2, 0.25) is 0 Å². The fraction of sp³-hybridized carbons (Fsp3) is 1.00. The molecule has 0 atom stereocenters. The van der Waals surface area contributed by atoms with Gasteiger partial charge in [-0.2, -0.15) is 0 Å². The van der Waals surface area contributed by atoms with E-state index in [0.29, 0.717) is 3.07 Å². The second kappa shape index (κ2) is 2.45. The van der Waals surface area contributed by atoms with Crippen LogP contribution in [0.5, 0.6) is 0 Å². The van der Waals surface area contributed by atoms with Crippen molar-refractivity contribution in [2.45, 2.75) is 30.8 Å². The quantitative estimate of drug-likeness (QED) is 0.691. The summed E-state index contributed by atoms with van der Waals surface area (Å²) in [6.07, 6.45) is 0. The van der Waals surface area contributed by atoms with E-state index in [2.05, 4.69) is 27.7 Å². The Morgan fingerprint density at radius 1 is 1.29 bits per heavy atom. The van der Waals surface area contributed by atoms with Crippen molar-refractivity contribution in [2.75, 3.05) is 0 Å². The molecule has 0 radical (unpaired) electrons. The monoisotopic (exact) mass is 295 g/mol. The van der Waals surface area contributed by atoms with Crippen LogP contribution in [0.2, 0.25) is 3.07 Å². The van der Waals surface area contributed by atoms with Crippen molar-refractivity contribution in [1.29, 1.82) is 0 Å². The first-order valence-electron chi connectivity index (χ1n) is 2.67. The first-order valence-corrected chi connectivity index (χ1v) is 4.41. The van der Waals surface area contributed by atoms with Gasteiger partial charge in [0.15, 0.2) is 0 Å². The predicted octanol–water partition coefficient (Wildman–Crippen LogP) is 1.74. The number of rotatable bonds is 1. The van der Waals surface area contributed by atoms with Crippen molar-refractivity contribution in [3.8, 4) is 0 Å². The molecule has 1 heteroatoms. The van der Waals surface area contributed by atoms with Crippen LogP contribution in [0.4, 0.5) is 0 Å². The molecule has 0 rings (SSSR count). The molecule has 0 amide bonds. The zero-order valence-electron chi connectivity index (χ0n) is 5.52. The molecule has 0 nitrogen and oxygen atoms in total. The molecular weight excluding hydrogens is 281 g/mol. The van der Waals surface area contributed by atoms with Gasteiger partial charge in [0.05, 0.1) is 0 Å². The van der Waals surface area contributed by atoms with Crippen molar-refractivity contribution in [2.24, 2.45) is 5.92 Å². The maximum atomic E-state index is 2.31. The predicted molar refractivity (Wildman–Crippen MR) is 36.0 cm³/mol. The van der Waals surface area contributed by atoms with Gasteiger partial charge >= 0.3 is 61.8 Å². The Bertz CT molecular complexity index is 49.7. The number of hydrogen-bond acceptors (Lipinski definition) is 0. The number of hydrogen-bond donors (Lipinski definition) is 0. The van der Waals surface area contributed by atoms with Gasteiger partial charge in [-0.25, -0.2) is 0 Å². The van der Waals surface area contributed by atoms with Gasteiger partial charge in [0, 0.05) is 0 Å². The van der Waals surface area contributed by atoms with E-state index in [9.17, 15) is 0 Å². The van der Waals surface area contributed by atoms with Gasteiger partial charge in [-0.05, 0) is 0 Å². The van der Waals surface area contributed by atoms with Crippen molar-refractivity contribution in [3.05, 3.63) is 0 Å². The van der Waals surface area contributed by atoms with Gasteiger partial charge in [0.1, 0.15) is 0 Å². The third-order valence-electron chi connectivity index (χ3n) is 1.41. The maximum absolute atomic E-state index is 2.31. The summed E-state index contributed by atoms with van der Waals surface area (Å²) >= 11 is 1.50. The summed E-state index contributed by atoms with van der Waals surface area (Å²) in [4.78, 5) is 0. The molecule has 7 heavy (non-hydrogen) atoms. The summed E-state index contributed by atoms with van der Waals surface area (Å²) in [6.45, 7) is 9.18. The van der Waals surface area contributed by atoms with Crippen LogP contribution in [0, 0.1) is 5.92 Å². The van der Waals surface area contributed by atoms with Crippen LogP contribution in [-0.2, 0) is 0 Å². The molecule has 0 saturated carbocycles. The minimum absolute atomic E-state index is 0.611. The van der Waals surface area contributed by atoms with E-state index in [1.807, 2.05) is 0 Å². The Morgan fingerprint density at radius 2 is 1.43 bits per heavy atom. The Hall–Kier alpha value is 0.896. The zero-order chi connectivity index (χ0) is 6.08. The summed E-state index contributed by atoms with van der Waals surface area (Å²) in [5, 5.41) is 0. The summed E-state index contributed by atoms with van der Waals surface area (Å²) in [5.41, 5.74) is 0. The standard InChI is InChI=1S/C6H13.Po.H/c1-5(2)6(3)4;;/h5H,1-4H3;;. The third-order valence-corrected chi connectivity index (χ3v) is 3.42. The van der Waals surface area contributed by atoms with Crippen LogP contribution < -0.4 is 0 Å². The molecule has 0 fully saturated rings. The molecule has 44 valence electrons. The Morgan fingerprint density at radius 3 is 1.43 bits per heavy atom. The average molecular weight is 295 g/mol. The Labute approximate surface area is 61.8 Å². The molecule has 0 aromatic heterocycles. The van der Waals surface area contributed by atoms with Crippen molar-refractivity contribution >= 4 is 25.1 Å². The van der Waals surface area contributed by atoms with Crippen molar-refractivity contribution in [3.63, 3.8) is 0 Å². The second-order valence-corrected chi connectivity index (χ2v) is 7.29. The molecule has 0 heterocycles. The molecule has 0 aromatic rings. The zero-order valence-corrected chi connectivity index (χ0v) is 9.00. The summed E-state index contributed by atoms with van der Waals surface area (Å²) < 4.78 is 0.611. The van der Waals surface area contributed by atoms with Crippen LogP contribution in [0.15, 0.2) is 0 Å². The fourth-order valence-electron chi connectivity index (χ4n) is 0. The van der Waals surface area contributed by atoms with Crippen LogP contribution in [0.3, 0.4) is 0 Å². The van der Waals surface area contributed by atoms with E-state index in [4.69, 9.17) is 0 Å². The van der Waals surface area contributed by atoms with E-state index in [-0.39, 0.29) is 0 Å². The normalized spacial score (nSPS) is 12.9. The minimum atomic E-state index is 0.611. The second-order valence-electron chi connectivity index (χ2n) is 2.81. The average Bonchev–Trinajstić information content (AvgIpc) is 1.31. The van der Waals surface area contributed by atoms with Gasteiger partial charge in [-0.3, -0.25) is 0 Å². The van der Waals surface area contributed by atoms with E-state index < -0.39 is 0 Å². The topological polar surface area (TPSA) is 0 Å². The molecule has 0 bridgehead atoms. The third kappa shape index (κ3) is 3.48. The molecule has 0 aliphatic heterocycles. The molecule has 0 aliphatic carbocycles. The molecule has 0 spiro atoms. The molecule has 0 unspecified atom stereocenters. The molecular formula is C6H14Po. The van der Waals surface area contributed by atoms with Gasteiger partial charge in [0.25, 0.3) is 0 Å². The molecule has 0 aliphatic rings. The molecule has 0 saturated heterocycles. The molecule has 0 aromatic carbocycles. The van der Waals surface area contributed by atoms with Crippen LogP contribution >= 0.6 is 0 Å². The summed E-state index contributed by atoms with van der Waals surface area (Å²) in [6, 6.07) is 0. The Kier molecular flexibility index (Phi) is 2.76. The van der Waals surface area contributed by atoms with E-state index in [1.54, 1.807) is 0 Å². The van der Waals surface area contributed by atoms with E-state index >= 15 is 0 Å². The van der Waals surface area contributed by atoms with Gasteiger partial charge in [-0.15, -0.1) is 0 Å². The van der Waals surface area contributed by atoms with Crippen molar-refractivity contribution in [1.82, 2.24) is 0 Å². The Balaban J connectivity index is 3.54. The first kappa shape index (κ1) is 7.90. The van der Waals surface area contributed by atoms with Crippen LogP contribution in [-0.4, -0.2) is 25.1 Å². The van der Waals surface area contributed by atoms with E-state index in [1.165, 1.54) is 25.1 Å². The fourth-order valence-corrected chi connectivity index (χ4v) is 0. The summed E-state index contributed by atoms with van der Waals surface area (Å²) in [7, 11) is 0. The van der Waals surface area contributed by atoms with Crippen molar-refractivity contribution < 1.29 is 0 Å². The van der Waals surface area contributed by atoms with Gasteiger partial charge < -0.3 is 0 Å². The summed E-state index contributed by atoms with van der Waals surface area (Å²) in [5.74, 6) is 0.848. The van der Waals surface area contributed by atoms with Gasteiger partial charge in [-0.1, -0.05) is 0 Å². The molecule has 0 N–H and O–H groups in total. The SMILES string of the molecule is CC(C)[C](C)(C)[PoH]. The first-order chi connectivity index (χ1) is 2.94.